The molecule has 1 aromatic carbocycles. The Morgan fingerprint density at radius 2 is 2.10 bits per heavy atom. The zero-order valence-electron chi connectivity index (χ0n) is 12.2. The number of carbonyl (C=O) groups excluding carboxylic acids is 1. The minimum Gasteiger partial charge on any atom is -0.396 e. The lowest BCUT2D eigenvalue weighted by Gasteiger charge is -2.18. The second kappa shape index (κ2) is 8.27. The number of anilines is 1. The molecule has 0 heterocycles. The fourth-order valence-corrected chi connectivity index (χ4v) is 2.38. The lowest BCUT2D eigenvalue weighted by molar-refractivity contribution is 0.237. The van der Waals surface area contributed by atoms with Gasteiger partial charge in [0.2, 0.25) is 0 Å². The Bertz CT molecular complexity index is 449. The van der Waals surface area contributed by atoms with Gasteiger partial charge >= 0.3 is 6.03 Å². The van der Waals surface area contributed by atoms with Gasteiger partial charge in [0.15, 0.2) is 0 Å². The minimum atomic E-state index is -0.227. The van der Waals surface area contributed by atoms with E-state index in [0.717, 1.165) is 22.1 Å². The summed E-state index contributed by atoms with van der Waals surface area (Å²) in [6, 6.07) is 5.59. The van der Waals surface area contributed by atoms with E-state index in [1.807, 2.05) is 25.1 Å². The van der Waals surface area contributed by atoms with E-state index in [1.165, 1.54) is 0 Å². The largest absolute Gasteiger partial charge is 0.396 e. The molecule has 0 aliphatic heterocycles. The summed E-state index contributed by atoms with van der Waals surface area (Å²) in [6.45, 7) is 6.24. The maximum absolute atomic E-state index is 12.0. The Labute approximate surface area is 129 Å². The molecular formula is C15H23BrN2O2. The standard InChI is InChI=1S/C15H23BrN2O2/c1-4-12(7-8-19)17-15(20)18-14-6-5-11(16)9-13(14)10(2)3/h5-6,9-10,12,19H,4,7-8H2,1-3H3,(H2,17,18,20). The number of amides is 2. The van der Waals surface area contributed by atoms with Gasteiger partial charge in [-0.2, -0.15) is 0 Å². The first-order valence-corrected chi connectivity index (χ1v) is 7.75. The van der Waals surface area contributed by atoms with Crippen LogP contribution in [0.2, 0.25) is 0 Å². The molecule has 2 amide bonds. The van der Waals surface area contributed by atoms with Gasteiger partial charge in [-0.3, -0.25) is 0 Å². The van der Waals surface area contributed by atoms with Gasteiger partial charge in [0.25, 0.3) is 0 Å². The summed E-state index contributed by atoms with van der Waals surface area (Å²) >= 11 is 3.45. The van der Waals surface area contributed by atoms with Gasteiger partial charge in [0.1, 0.15) is 0 Å². The highest BCUT2D eigenvalue weighted by atomic mass is 79.9. The van der Waals surface area contributed by atoms with E-state index in [-0.39, 0.29) is 18.7 Å². The highest BCUT2D eigenvalue weighted by Crippen LogP contribution is 2.27. The number of aliphatic hydroxyl groups excluding tert-OH is 1. The number of hydrogen-bond acceptors (Lipinski definition) is 2. The molecule has 0 aliphatic rings. The number of benzene rings is 1. The predicted molar refractivity (Wildman–Crippen MR) is 86.2 cm³/mol. The number of rotatable bonds is 6. The van der Waals surface area contributed by atoms with Crippen molar-refractivity contribution in [1.82, 2.24) is 5.32 Å². The van der Waals surface area contributed by atoms with Crippen LogP contribution in [-0.4, -0.2) is 23.8 Å². The number of urea groups is 1. The van der Waals surface area contributed by atoms with Crippen LogP contribution in [0.15, 0.2) is 22.7 Å². The molecule has 1 rings (SSSR count). The normalized spacial score (nSPS) is 12.3. The van der Waals surface area contributed by atoms with Crippen molar-refractivity contribution < 1.29 is 9.90 Å². The fraction of sp³-hybridized carbons (Fsp3) is 0.533. The van der Waals surface area contributed by atoms with Gasteiger partial charge < -0.3 is 15.7 Å². The topological polar surface area (TPSA) is 61.4 Å². The van der Waals surface area contributed by atoms with Gasteiger partial charge in [-0.25, -0.2) is 4.79 Å². The van der Waals surface area contributed by atoms with Crippen molar-refractivity contribution in [3.05, 3.63) is 28.2 Å². The first kappa shape index (κ1) is 17.0. The van der Waals surface area contributed by atoms with Crippen molar-refractivity contribution in [2.45, 2.75) is 45.6 Å². The van der Waals surface area contributed by atoms with Crippen molar-refractivity contribution in [1.29, 1.82) is 0 Å². The Hall–Kier alpha value is -1.07. The Morgan fingerprint density at radius 3 is 2.65 bits per heavy atom. The highest BCUT2D eigenvalue weighted by Gasteiger charge is 2.13. The second-order valence-corrected chi connectivity index (χ2v) is 6.02. The summed E-state index contributed by atoms with van der Waals surface area (Å²) in [6.07, 6.45) is 1.37. The van der Waals surface area contributed by atoms with E-state index in [2.05, 4.69) is 40.4 Å². The molecule has 20 heavy (non-hydrogen) atoms. The van der Waals surface area contributed by atoms with Crippen LogP contribution in [0.5, 0.6) is 0 Å². The van der Waals surface area contributed by atoms with E-state index >= 15 is 0 Å². The minimum absolute atomic E-state index is 0.00190. The SMILES string of the molecule is CCC(CCO)NC(=O)Nc1ccc(Br)cc1C(C)C. The van der Waals surface area contributed by atoms with Crippen molar-refractivity contribution >= 4 is 27.6 Å². The van der Waals surface area contributed by atoms with E-state index in [9.17, 15) is 4.79 Å². The number of aliphatic hydroxyl groups is 1. The average Bonchev–Trinajstić information content (AvgIpc) is 2.40. The summed E-state index contributed by atoms with van der Waals surface area (Å²) in [5, 5.41) is 14.7. The van der Waals surface area contributed by atoms with Gasteiger partial charge in [0.05, 0.1) is 0 Å². The molecule has 1 aromatic rings. The zero-order valence-corrected chi connectivity index (χ0v) is 13.8. The Kier molecular flexibility index (Phi) is 7.02. The maximum Gasteiger partial charge on any atom is 0.319 e. The Balaban J connectivity index is 2.75. The van der Waals surface area contributed by atoms with Gasteiger partial charge in [0, 0.05) is 22.8 Å². The van der Waals surface area contributed by atoms with E-state index in [0.29, 0.717) is 12.3 Å². The van der Waals surface area contributed by atoms with E-state index in [1.54, 1.807) is 0 Å². The first-order chi connectivity index (χ1) is 9.47. The number of carbonyl (C=O) groups is 1. The summed E-state index contributed by atoms with van der Waals surface area (Å²) in [4.78, 5) is 12.0. The third kappa shape index (κ3) is 5.13. The molecule has 1 unspecified atom stereocenters. The number of hydrogen-bond donors (Lipinski definition) is 3. The summed E-state index contributed by atoms with van der Waals surface area (Å²) in [7, 11) is 0. The van der Waals surface area contributed by atoms with Crippen molar-refractivity contribution in [2.24, 2.45) is 0 Å². The van der Waals surface area contributed by atoms with Gasteiger partial charge in [-0.05, 0) is 42.5 Å². The number of halogens is 1. The van der Waals surface area contributed by atoms with Gasteiger partial charge in [-0.15, -0.1) is 0 Å². The molecule has 0 saturated carbocycles. The zero-order chi connectivity index (χ0) is 15.1. The fourth-order valence-electron chi connectivity index (χ4n) is 2.00. The van der Waals surface area contributed by atoms with Crippen LogP contribution in [0, 0.1) is 0 Å². The molecule has 0 fully saturated rings. The average molecular weight is 343 g/mol. The summed E-state index contributed by atoms with van der Waals surface area (Å²) in [5.74, 6) is 0.321. The molecule has 0 aliphatic carbocycles. The molecule has 0 spiro atoms. The second-order valence-electron chi connectivity index (χ2n) is 5.10. The summed E-state index contributed by atoms with van der Waals surface area (Å²) < 4.78 is 0.999. The van der Waals surface area contributed by atoms with Crippen molar-refractivity contribution in [3.8, 4) is 0 Å². The molecule has 1 atom stereocenters. The van der Waals surface area contributed by atoms with Crippen molar-refractivity contribution in [3.63, 3.8) is 0 Å². The Morgan fingerprint density at radius 1 is 1.40 bits per heavy atom. The summed E-state index contributed by atoms with van der Waals surface area (Å²) in [5.41, 5.74) is 1.91. The smallest absolute Gasteiger partial charge is 0.319 e. The van der Waals surface area contributed by atoms with Crippen LogP contribution in [0.25, 0.3) is 0 Å². The maximum atomic E-state index is 12.0. The van der Waals surface area contributed by atoms with Crippen molar-refractivity contribution in [2.75, 3.05) is 11.9 Å². The third-order valence-corrected chi connectivity index (χ3v) is 3.68. The lowest BCUT2D eigenvalue weighted by atomic mass is 10.0. The van der Waals surface area contributed by atoms with Crippen LogP contribution in [0.3, 0.4) is 0 Å². The third-order valence-electron chi connectivity index (χ3n) is 3.19. The molecule has 0 aromatic heterocycles. The predicted octanol–water partition coefficient (Wildman–Crippen LogP) is 3.86. The van der Waals surface area contributed by atoms with E-state index < -0.39 is 0 Å². The monoisotopic (exact) mass is 342 g/mol. The van der Waals surface area contributed by atoms with Crippen LogP contribution in [0.4, 0.5) is 10.5 Å². The quantitative estimate of drug-likeness (QED) is 0.735. The molecule has 112 valence electrons. The molecule has 3 N–H and O–H groups in total. The molecule has 5 heteroatoms. The molecule has 0 bridgehead atoms. The molecule has 0 saturated heterocycles. The lowest BCUT2D eigenvalue weighted by Crippen LogP contribution is -2.38. The number of nitrogens with one attached hydrogen (secondary N) is 2. The molecule has 4 nitrogen and oxygen atoms in total. The molecule has 0 radical (unpaired) electrons. The first-order valence-electron chi connectivity index (χ1n) is 6.95. The van der Waals surface area contributed by atoms with Gasteiger partial charge in [-0.1, -0.05) is 36.7 Å². The molecular weight excluding hydrogens is 320 g/mol. The van der Waals surface area contributed by atoms with Crippen LogP contribution >= 0.6 is 15.9 Å². The van der Waals surface area contributed by atoms with Crippen LogP contribution in [0.1, 0.15) is 45.1 Å². The van der Waals surface area contributed by atoms with E-state index in [4.69, 9.17) is 5.11 Å². The highest BCUT2D eigenvalue weighted by molar-refractivity contribution is 9.10. The van der Waals surface area contributed by atoms with Crippen LogP contribution in [-0.2, 0) is 0 Å². The van der Waals surface area contributed by atoms with Crippen LogP contribution < -0.4 is 10.6 Å².